The molecule has 0 fully saturated rings. The van der Waals surface area contributed by atoms with E-state index in [2.05, 4.69) is 5.32 Å². The molecule has 0 spiro atoms. The number of carbonyl (C=O) groups is 2. The van der Waals surface area contributed by atoms with Crippen molar-refractivity contribution in [1.29, 1.82) is 0 Å². The summed E-state index contributed by atoms with van der Waals surface area (Å²) in [6.45, 7) is 2.17. The van der Waals surface area contributed by atoms with Crippen molar-refractivity contribution in [1.82, 2.24) is 10.2 Å². The molecule has 1 unspecified atom stereocenters. The zero-order chi connectivity index (χ0) is 15.8. The molecule has 1 aromatic rings. The second-order valence-corrected chi connectivity index (χ2v) is 4.77. The molecular formula is C15H22N2O4. The monoisotopic (exact) mass is 294 g/mol. The zero-order valence-corrected chi connectivity index (χ0v) is 12.6. The fourth-order valence-corrected chi connectivity index (χ4v) is 2.11. The largest absolute Gasteiger partial charge is 0.496 e. The van der Waals surface area contributed by atoms with Gasteiger partial charge >= 0.3 is 5.97 Å². The predicted molar refractivity (Wildman–Crippen MR) is 79.2 cm³/mol. The summed E-state index contributed by atoms with van der Waals surface area (Å²) in [5.41, 5.74) is 0.876. The van der Waals surface area contributed by atoms with E-state index in [1.165, 1.54) is 4.90 Å². The molecule has 116 valence electrons. The number of para-hydroxylation sites is 1. The van der Waals surface area contributed by atoms with Gasteiger partial charge in [-0.15, -0.1) is 0 Å². The van der Waals surface area contributed by atoms with Gasteiger partial charge in [-0.05, 0) is 19.5 Å². The third-order valence-electron chi connectivity index (χ3n) is 3.27. The van der Waals surface area contributed by atoms with E-state index in [9.17, 15) is 9.59 Å². The number of likely N-dealkylation sites (N-methyl/N-ethyl adjacent to an activating group) is 1. The van der Waals surface area contributed by atoms with E-state index in [1.54, 1.807) is 21.1 Å². The summed E-state index contributed by atoms with van der Waals surface area (Å²) in [5, 5.41) is 11.8. The number of benzene rings is 1. The fraction of sp³-hybridized carbons (Fsp3) is 0.467. The summed E-state index contributed by atoms with van der Waals surface area (Å²) >= 11 is 0. The Morgan fingerprint density at radius 2 is 2.05 bits per heavy atom. The quantitative estimate of drug-likeness (QED) is 0.751. The van der Waals surface area contributed by atoms with Crippen molar-refractivity contribution in [2.24, 2.45) is 0 Å². The maximum absolute atomic E-state index is 11.9. The lowest BCUT2D eigenvalue weighted by Crippen LogP contribution is -2.43. The molecule has 0 bridgehead atoms. The Bertz CT molecular complexity index is 490. The highest BCUT2D eigenvalue weighted by Gasteiger charge is 2.22. The van der Waals surface area contributed by atoms with E-state index in [-0.39, 0.29) is 12.5 Å². The van der Waals surface area contributed by atoms with Crippen molar-refractivity contribution < 1.29 is 19.4 Å². The second-order valence-electron chi connectivity index (χ2n) is 4.77. The fourth-order valence-electron chi connectivity index (χ4n) is 2.11. The molecule has 2 N–H and O–H groups in total. The summed E-state index contributed by atoms with van der Waals surface area (Å²) in [6, 6.07) is 6.77. The number of amides is 1. The predicted octanol–water partition coefficient (Wildman–Crippen LogP) is 1.11. The molecule has 0 aliphatic carbocycles. The van der Waals surface area contributed by atoms with Crippen LogP contribution in [0.4, 0.5) is 0 Å². The van der Waals surface area contributed by atoms with Gasteiger partial charge in [0.15, 0.2) is 0 Å². The van der Waals surface area contributed by atoms with E-state index < -0.39 is 12.0 Å². The minimum absolute atomic E-state index is 0.0416. The molecule has 1 rings (SSSR count). The van der Waals surface area contributed by atoms with E-state index in [4.69, 9.17) is 9.84 Å². The standard InChI is InChI=1S/C15H22N2O4/c1-4-12(15(19)20)17(2)10-14(18)16-9-11-7-5-6-8-13(11)21-3/h5-8,12H,4,9-10H2,1-3H3,(H,16,18)(H,19,20). The summed E-state index contributed by atoms with van der Waals surface area (Å²) in [6.07, 6.45) is 0.450. The van der Waals surface area contributed by atoms with Crippen LogP contribution in [0.3, 0.4) is 0 Å². The summed E-state index contributed by atoms with van der Waals surface area (Å²) < 4.78 is 5.21. The minimum atomic E-state index is -0.919. The number of ether oxygens (including phenoxy) is 1. The lowest BCUT2D eigenvalue weighted by molar-refractivity contribution is -0.143. The van der Waals surface area contributed by atoms with Crippen molar-refractivity contribution >= 4 is 11.9 Å². The lowest BCUT2D eigenvalue weighted by atomic mass is 10.2. The number of carboxylic acid groups (broad SMARTS) is 1. The summed E-state index contributed by atoms with van der Waals surface area (Å²) in [5.74, 6) is -0.427. The number of carbonyl (C=O) groups excluding carboxylic acids is 1. The molecule has 0 aromatic heterocycles. The van der Waals surface area contributed by atoms with Crippen molar-refractivity contribution in [3.63, 3.8) is 0 Å². The number of hydrogen-bond donors (Lipinski definition) is 2. The maximum atomic E-state index is 11.9. The van der Waals surface area contributed by atoms with Gasteiger partial charge in [0.2, 0.25) is 5.91 Å². The molecule has 1 atom stereocenters. The molecular weight excluding hydrogens is 272 g/mol. The SMILES string of the molecule is CCC(C(=O)O)N(C)CC(=O)NCc1ccccc1OC. The minimum Gasteiger partial charge on any atom is -0.496 e. The molecule has 0 saturated heterocycles. The first-order valence-corrected chi connectivity index (χ1v) is 6.81. The highest BCUT2D eigenvalue weighted by molar-refractivity contribution is 5.79. The highest BCUT2D eigenvalue weighted by atomic mass is 16.5. The Morgan fingerprint density at radius 1 is 1.38 bits per heavy atom. The molecule has 1 aromatic carbocycles. The molecule has 6 heteroatoms. The van der Waals surface area contributed by atoms with Crippen LogP contribution in [0.1, 0.15) is 18.9 Å². The van der Waals surface area contributed by atoms with Gasteiger partial charge in [0, 0.05) is 12.1 Å². The Morgan fingerprint density at radius 3 is 2.62 bits per heavy atom. The number of carboxylic acids is 1. The molecule has 1 amide bonds. The van der Waals surface area contributed by atoms with Gasteiger partial charge in [0.05, 0.1) is 13.7 Å². The molecule has 0 heterocycles. The van der Waals surface area contributed by atoms with E-state index in [0.29, 0.717) is 18.7 Å². The first-order chi connectivity index (χ1) is 9.99. The van der Waals surface area contributed by atoms with Crippen LogP contribution in [0.15, 0.2) is 24.3 Å². The van der Waals surface area contributed by atoms with Crippen molar-refractivity contribution in [3.05, 3.63) is 29.8 Å². The normalized spacial score (nSPS) is 12.0. The number of nitrogens with zero attached hydrogens (tertiary/aromatic N) is 1. The summed E-state index contributed by atoms with van der Waals surface area (Å²) in [7, 11) is 3.21. The number of hydrogen-bond acceptors (Lipinski definition) is 4. The number of methoxy groups -OCH3 is 1. The van der Waals surface area contributed by atoms with Crippen LogP contribution in [0.2, 0.25) is 0 Å². The van der Waals surface area contributed by atoms with Gasteiger partial charge in [-0.2, -0.15) is 0 Å². The van der Waals surface area contributed by atoms with Crippen molar-refractivity contribution in [2.75, 3.05) is 20.7 Å². The van der Waals surface area contributed by atoms with Gasteiger partial charge in [-0.3, -0.25) is 14.5 Å². The van der Waals surface area contributed by atoms with Gasteiger partial charge in [-0.25, -0.2) is 0 Å². The molecule has 0 aliphatic rings. The number of nitrogens with one attached hydrogen (secondary N) is 1. The van der Waals surface area contributed by atoms with Gasteiger partial charge in [0.25, 0.3) is 0 Å². The van der Waals surface area contributed by atoms with Crippen LogP contribution in [-0.4, -0.2) is 48.6 Å². The average molecular weight is 294 g/mol. The maximum Gasteiger partial charge on any atom is 0.320 e. The average Bonchev–Trinajstić information content (AvgIpc) is 2.45. The lowest BCUT2D eigenvalue weighted by Gasteiger charge is -2.22. The Hall–Kier alpha value is -2.08. The topological polar surface area (TPSA) is 78.9 Å². The van der Waals surface area contributed by atoms with Gasteiger partial charge in [-0.1, -0.05) is 25.1 Å². The first kappa shape index (κ1) is 17.0. The van der Waals surface area contributed by atoms with E-state index in [1.807, 2.05) is 24.3 Å². The molecule has 0 radical (unpaired) electrons. The van der Waals surface area contributed by atoms with Gasteiger partial charge < -0.3 is 15.2 Å². The Balaban J connectivity index is 2.52. The molecule has 0 saturated carbocycles. The third kappa shape index (κ3) is 5.07. The van der Waals surface area contributed by atoms with Crippen molar-refractivity contribution in [2.45, 2.75) is 25.9 Å². The number of rotatable bonds is 8. The van der Waals surface area contributed by atoms with Crippen LogP contribution in [0.25, 0.3) is 0 Å². The zero-order valence-electron chi connectivity index (χ0n) is 12.6. The van der Waals surface area contributed by atoms with Crippen LogP contribution in [0, 0.1) is 0 Å². The van der Waals surface area contributed by atoms with E-state index >= 15 is 0 Å². The number of aliphatic carboxylic acids is 1. The van der Waals surface area contributed by atoms with Gasteiger partial charge in [0.1, 0.15) is 11.8 Å². The molecule has 0 aliphatic heterocycles. The van der Waals surface area contributed by atoms with E-state index in [0.717, 1.165) is 5.56 Å². The summed E-state index contributed by atoms with van der Waals surface area (Å²) in [4.78, 5) is 24.4. The highest BCUT2D eigenvalue weighted by Crippen LogP contribution is 2.16. The van der Waals surface area contributed by atoms with Crippen LogP contribution in [0.5, 0.6) is 5.75 Å². The smallest absolute Gasteiger partial charge is 0.320 e. The van der Waals surface area contributed by atoms with Crippen LogP contribution >= 0.6 is 0 Å². The second kappa shape index (κ2) is 8.26. The van der Waals surface area contributed by atoms with Crippen LogP contribution in [-0.2, 0) is 16.1 Å². The third-order valence-corrected chi connectivity index (χ3v) is 3.27. The Labute approximate surface area is 124 Å². The first-order valence-electron chi connectivity index (χ1n) is 6.81. The van der Waals surface area contributed by atoms with Crippen LogP contribution < -0.4 is 10.1 Å². The molecule has 21 heavy (non-hydrogen) atoms. The van der Waals surface area contributed by atoms with Crippen molar-refractivity contribution in [3.8, 4) is 5.75 Å². The molecule has 6 nitrogen and oxygen atoms in total. The Kier molecular flexibility index (Phi) is 6.68.